The first-order chi connectivity index (χ1) is 10.2. The summed E-state index contributed by atoms with van der Waals surface area (Å²) in [5.41, 5.74) is 2.81. The molecule has 21 heavy (non-hydrogen) atoms. The normalized spacial score (nSPS) is 31.7. The van der Waals surface area contributed by atoms with Crippen LogP contribution in [-0.2, 0) is 14.2 Å². The predicted molar refractivity (Wildman–Crippen MR) is 82.9 cm³/mol. The third-order valence-electron chi connectivity index (χ3n) is 5.44. The maximum atomic E-state index is 6.17. The van der Waals surface area contributed by atoms with Crippen LogP contribution in [0, 0.1) is 5.92 Å². The molecule has 2 aliphatic heterocycles. The average Bonchev–Trinajstić information content (AvgIpc) is 2.95. The minimum Gasteiger partial charge on any atom is -0.378 e. The zero-order valence-corrected chi connectivity index (χ0v) is 13.8. The summed E-state index contributed by atoms with van der Waals surface area (Å²) in [6.45, 7) is 9.49. The van der Waals surface area contributed by atoms with Gasteiger partial charge in [0, 0.05) is 26.2 Å². The molecule has 0 aliphatic carbocycles. The van der Waals surface area contributed by atoms with Crippen LogP contribution in [0.25, 0.3) is 0 Å². The van der Waals surface area contributed by atoms with E-state index in [2.05, 4.69) is 26.2 Å². The van der Waals surface area contributed by atoms with Gasteiger partial charge in [0.1, 0.15) is 0 Å². The van der Waals surface area contributed by atoms with Crippen molar-refractivity contribution in [1.29, 1.82) is 0 Å². The van der Waals surface area contributed by atoms with Crippen LogP contribution in [0.1, 0.15) is 52.9 Å². The quantitative estimate of drug-likeness (QED) is 0.556. The highest BCUT2D eigenvalue weighted by Gasteiger charge is 2.48. The predicted octanol–water partition coefficient (Wildman–Crippen LogP) is 2.00. The van der Waals surface area contributed by atoms with Gasteiger partial charge in [-0.2, -0.15) is 0 Å². The molecule has 2 aliphatic rings. The molecule has 0 radical (unpaired) electrons. The van der Waals surface area contributed by atoms with Crippen molar-refractivity contribution >= 4 is 0 Å². The fourth-order valence-corrected chi connectivity index (χ4v) is 4.20. The Morgan fingerprint density at radius 1 is 1.33 bits per heavy atom. The van der Waals surface area contributed by atoms with Crippen LogP contribution in [0.3, 0.4) is 0 Å². The van der Waals surface area contributed by atoms with Crippen LogP contribution in [0.4, 0.5) is 0 Å². The van der Waals surface area contributed by atoms with Crippen molar-refractivity contribution in [3.8, 4) is 0 Å². The number of nitrogens with one attached hydrogen (secondary N) is 1. The van der Waals surface area contributed by atoms with E-state index >= 15 is 0 Å². The monoisotopic (exact) mass is 300 g/mol. The standard InChI is InChI=1S/C16H32N2O3/c1-4-16(5-2,20-6-3)14(18-17)13-7-9-21-15(11-13)8-10-19-12-15/h13-14,18H,4-12,17H2,1-3H3. The Morgan fingerprint density at radius 2 is 2.10 bits per heavy atom. The van der Waals surface area contributed by atoms with Gasteiger partial charge in [0.05, 0.1) is 23.9 Å². The zero-order valence-electron chi connectivity index (χ0n) is 13.8. The molecule has 2 heterocycles. The number of nitrogens with two attached hydrogens (primary N) is 1. The van der Waals surface area contributed by atoms with Gasteiger partial charge < -0.3 is 14.2 Å². The molecule has 0 saturated carbocycles. The summed E-state index contributed by atoms with van der Waals surface area (Å²) in [5, 5.41) is 0. The molecule has 2 saturated heterocycles. The van der Waals surface area contributed by atoms with E-state index in [4.69, 9.17) is 20.1 Å². The van der Waals surface area contributed by atoms with Crippen molar-refractivity contribution in [2.45, 2.75) is 70.1 Å². The molecule has 3 N–H and O–H groups in total. The third kappa shape index (κ3) is 3.42. The van der Waals surface area contributed by atoms with Crippen LogP contribution >= 0.6 is 0 Å². The highest BCUT2D eigenvalue weighted by atomic mass is 16.6. The van der Waals surface area contributed by atoms with E-state index in [-0.39, 0.29) is 17.2 Å². The highest BCUT2D eigenvalue weighted by Crippen LogP contribution is 2.41. The smallest absolute Gasteiger partial charge is 0.0939 e. The summed E-state index contributed by atoms with van der Waals surface area (Å²) >= 11 is 0. The van der Waals surface area contributed by atoms with Gasteiger partial charge in [-0.25, -0.2) is 0 Å². The molecular weight excluding hydrogens is 268 g/mol. The summed E-state index contributed by atoms with van der Waals surface area (Å²) in [6, 6.07) is 0.161. The Kier molecular flexibility index (Phi) is 6.03. The summed E-state index contributed by atoms with van der Waals surface area (Å²) in [5.74, 6) is 6.43. The minimum absolute atomic E-state index is 0.0859. The van der Waals surface area contributed by atoms with Crippen molar-refractivity contribution in [2.24, 2.45) is 11.8 Å². The topological polar surface area (TPSA) is 65.7 Å². The van der Waals surface area contributed by atoms with Gasteiger partial charge in [-0.3, -0.25) is 11.3 Å². The molecule has 0 bridgehead atoms. The summed E-state index contributed by atoms with van der Waals surface area (Å²) < 4.78 is 17.8. The summed E-state index contributed by atoms with van der Waals surface area (Å²) in [4.78, 5) is 0. The fraction of sp³-hybridized carbons (Fsp3) is 1.00. The molecular formula is C16H32N2O3. The Morgan fingerprint density at radius 3 is 2.62 bits per heavy atom. The second kappa shape index (κ2) is 7.38. The van der Waals surface area contributed by atoms with E-state index in [1.807, 2.05) is 0 Å². The molecule has 0 aromatic heterocycles. The largest absolute Gasteiger partial charge is 0.378 e. The second-order valence-electron chi connectivity index (χ2n) is 6.44. The first kappa shape index (κ1) is 17.2. The van der Waals surface area contributed by atoms with Gasteiger partial charge in [-0.15, -0.1) is 0 Å². The lowest BCUT2D eigenvalue weighted by Crippen LogP contribution is -2.60. The SMILES string of the molecule is CCOC(CC)(CC)C(NN)C1CCOC2(CCOC2)C1. The maximum absolute atomic E-state index is 6.17. The van der Waals surface area contributed by atoms with Crippen LogP contribution in [0.2, 0.25) is 0 Å². The lowest BCUT2D eigenvalue weighted by molar-refractivity contribution is -0.135. The molecule has 3 unspecified atom stereocenters. The molecule has 3 atom stereocenters. The van der Waals surface area contributed by atoms with E-state index in [9.17, 15) is 0 Å². The molecule has 5 heteroatoms. The van der Waals surface area contributed by atoms with Gasteiger partial charge in [-0.1, -0.05) is 13.8 Å². The lowest BCUT2D eigenvalue weighted by Gasteiger charge is -2.47. The highest BCUT2D eigenvalue weighted by molar-refractivity contribution is 5.00. The van der Waals surface area contributed by atoms with Crippen LogP contribution in [0.15, 0.2) is 0 Å². The Bertz CT molecular complexity index is 315. The van der Waals surface area contributed by atoms with Crippen LogP contribution in [0.5, 0.6) is 0 Å². The minimum atomic E-state index is -0.188. The van der Waals surface area contributed by atoms with E-state index in [0.717, 1.165) is 58.5 Å². The lowest BCUT2D eigenvalue weighted by atomic mass is 9.73. The summed E-state index contributed by atoms with van der Waals surface area (Å²) in [7, 11) is 0. The van der Waals surface area contributed by atoms with Crippen LogP contribution < -0.4 is 11.3 Å². The molecule has 124 valence electrons. The molecule has 2 rings (SSSR count). The van der Waals surface area contributed by atoms with Gasteiger partial charge in [0.25, 0.3) is 0 Å². The fourth-order valence-electron chi connectivity index (χ4n) is 4.20. The molecule has 2 fully saturated rings. The van der Waals surface area contributed by atoms with Gasteiger partial charge >= 0.3 is 0 Å². The van der Waals surface area contributed by atoms with E-state index < -0.39 is 0 Å². The molecule has 0 aromatic rings. The third-order valence-corrected chi connectivity index (χ3v) is 5.44. The van der Waals surface area contributed by atoms with E-state index in [1.165, 1.54) is 0 Å². The second-order valence-corrected chi connectivity index (χ2v) is 6.44. The number of ether oxygens (including phenoxy) is 3. The van der Waals surface area contributed by atoms with E-state index in [1.54, 1.807) is 0 Å². The van der Waals surface area contributed by atoms with Gasteiger partial charge in [-0.05, 0) is 38.5 Å². The first-order valence-corrected chi connectivity index (χ1v) is 8.47. The molecule has 0 amide bonds. The molecule has 5 nitrogen and oxygen atoms in total. The number of hydrogen-bond acceptors (Lipinski definition) is 5. The van der Waals surface area contributed by atoms with Crippen molar-refractivity contribution in [2.75, 3.05) is 26.4 Å². The number of hydrazine groups is 1. The Labute approximate surface area is 128 Å². The molecule has 1 spiro atoms. The van der Waals surface area contributed by atoms with Crippen LogP contribution in [-0.4, -0.2) is 43.7 Å². The van der Waals surface area contributed by atoms with E-state index in [0.29, 0.717) is 5.92 Å². The number of rotatable bonds is 7. The maximum Gasteiger partial charge on any atom is 0.0939 e. The Hall–Kier alpha value is -0.200. The zero-order chi connectivity index (χ0) is 15.3. The average molecular weight is 300 g/mol. The first-order valence-electron chi connectivity index (χ1n) is 8.47. The van der Waals surface area contributed by atoms with Crippen molar-refractivity contribution in [3.63, 3.8) is 0 Å². The van der Waals surface area contributed by atoms with Crippen molar-refractivity contribution < 1.29 is 14.2 Å². The Balaban J connectivity index is 2.14. The van der Waals surface area contributed by atoms with Crippen molar-refractivity contribution in [1.82, 2.24) is 5.43 Å². The van der Waals surface area contributed by atoms with Crippen molar-refractivity contribution in [3.05, 3.63) is 0 Å². The van der Waals surface area contributed by atoms with Gasteiger partial charge in [0.15, 0.2) is 0 Å². The van der Waals surface area contributed by atoms with Gasteiger partial charge in [0.2, 0.25) is 0 Å². The summed E-state index contributed by atoms with van der Waals surface area (Å²) in [6.07, 6.45) is 4.98. The molecule has 0 aromatic carbocycles. The number of hydrogen-bond donors (Lipinski definition) is 2.